The van der Waals surface area contributed by atoms with Gasteiger partial charge in [-0.15, -0.1) is 4.39 Å². The van der Waals surface area contributed by atoms with Crippen molar-refractivity contribution >= 4 is 21.5 Å². The van der Waals surface area contributed by atoms with E-state index in [1.165, 1.54) is 24.3 Å². The van der Waals surface area contributed by atoms with Gasteiger partial charge >= 0.3 is 5.95 Å². The Balaban J connectivity index is 3.34. The second-order valence-electron chi connectivity index (χ2n) is 2.77. The van der Waals surface area contributed by atoms with Crippen LogP contribution >= 0.6 is 15.9 Å². The molecule has 0 aromatic heterocycles. The molecule has 0 saturated carbocycles. The summed E-state index contributed by atoms with van der Waals surface area (Å²) in [7, 11) is 0. The molecule has 0 N–H and O–H groups in total. The van der Waals surface area contributed by atoms with Crippen molar-refractivity contribution < 1.29 is 18.1 Å². The molecule has 0 aliphatic carbocycles. The van der Waals surface area contributed by atoms with Crippen LogP contribution in [0.15, 0.2) is 34.7 Å². The minimum absolute atomic E-state index is 0.224. The average molecular weight is 296 g/mol. The van der Waals surface area contributed by atoms with E-state index in [0.717, 1.165) is 0 Å². The van der Waals surface area contributed by atoms with E-state index in [1.54, 1.807) is 0 Å². The second kappa shape index (κ2) is 5.11. The number of nitrogens with zero attached hydrogens (tertiary/aromatic N) is 1. The molecular formula is C9H5BrF3NO2. The lowest BCUT2D eigenvalue weighted by molar-refractivity contribution is -0.446. The maximum Gasteiger partial charge on any atom is 0.429 e. The number of allylic oxidation sites excluding steroid dienone is 1. The van der Waals surface area contributed by atoms with Crippen molar-refractivity contribution in [1.82, 2.24) is 0 Å². The molecule has 0 unspecified atom stereocenters. The Labute approximate surface area is 96.9 Å². The molecule has 0 saturated heterocycles. The van der Waals surface area contributed by atoms with Gasteiger partial charge in [-0.3, -0.25) is 10.1 Å². The van der Waals surface area contributed by atoms with Crippen molar-refractivity contribution in [3.8, 4) is 0 Å². The summed E-state index contributed by atoms with van der Waals surface area (Å²) >= 11 is 3.01. The van der Waals surface area contributed by atoms with Gasteiger partial charge in [-0.2, -0.15) is 0 Å². The van der Waals surface area contributed by atoms with E-state index in [1.807, 2.05) is 0 Å². The maximum absolute atomic E-state index is 12.9. The predicted octanol–water partition coefficient (Wildman–Crippen LogP) is 3.63. The third-order valence-corrected chi connectivity index (χ3v) is 2.23. The van der Waals surface area contributed by atoms with E-state index in [2.05, 4.69) is 15.9 Å². The number of alkyl halides is 2. The minimum atomic E-state index is -3.25. The Hall–Kier alpha value is -1.37. The summed E-state index contributed by atoms with van der Waals surface area (Å²) in [6.45, 7) is 0. The summed E-state index contributed by atoms with van der Waals surface area (Å²) in [6.07, 6.45) is -3.25. The molecule has 86 valence electrons. The van der Waals surface area contributed by atoms with Crippen LogP contribution in [-0.4, -0.2) is 11.3 Å². The highest BCUT2D eigenvalue weighted by molar-refractivity contribution is 9.10. The van der Waals surface area contributed by atoms with Crippen LogP contribution in [0.1, 0.15) is 5.56 Å². The molecule has 0 amide bonds. The molecule has 0 radical (unpaired) electrons. The first kappa shape index (κ1) is 12.7. The van der Waals surface area contributed by atoms with Crippen LogP contribution in [0.3, 0.4) is 0 Å². The Bertz CT molecular complexity index is 448. The van der Waals surface area contributed by atoms with Crippen molar-refractivity contribution in [2.24, 2.45) is 0 Å². The topological polar surface area (TPSA) is 43.1 Å². The molecule has 0 fully saturated rings. The van der Waals surface area contributed by atoms with E-state index in [9.17, 15) is 23.3 Å². The van der Waals surface area contributed by atoms with Gasteiger partial charge in [0.1, 0.15) is 5.57 Å². The smallest absolute Gasteiger partial charge is 0.256 e. The first-order valence-corrected chi connectivity index (χ1v) is 4.81. The number of rotatable bonds is 3. The number of benzene rings is 1. The molecule has 1 rings (SSSR count). The minimum Gasteiger partial charge on any atom is -0.256 e. The molecule has 0 heterocycles. The molecule has 0 atom stereocenters. The molecule has 0 spiro atoms. The van der Waals surface area contributed by atoms with E-state index in [-0.39, 0.29) is 5.56 Å². The lowest BCUT2D eigenvalue weighted by atomic mass is 10.1. The standard InChI is InChI=1S/C9H5BrF3NO2/c10-6-3-1-2-5(4-6)7(8(11)12)9(13)14(15)16/h1-4,8H. The van der Waals surface area contributed by atoms with Crippen LogP contribution < -0.4 is 0 Å². The number of hydrogen-bond acceptors (Lipinski definition) is 2. The molecule has 0 bridgehead atoms. The Morgan fingerprint density at radius 3 is 2.50 bits per heavy atom. The van der Waals surface area contributed by atoms with Gasteiger partial charge in [-0.05, 0) is 17.7 Å². The summed E-state index contributed by atoms with van der Waals surface area (Å²) in [5.74, 6) is -2.03. The third kappa shape index (κ3) is 2.82. The van der Waals surface area contributed by atoms with Crippen LogP contribution in [0.2, 0.25) is 0 Å². The second-order valence-corrected chi connectivity index (χ2v) is 3.69. The van der Waals surface area contributed by atoms with Crippen molar-refractivity contribution in [3.63, 3.8) is 0 Å². The maximum atomic E-state index is 12.9. The van der Waals surface area contributed by atoms with Crippen molar-refractivity contribution in [2.45, 2.75) is 6.43 Å². The summed E-state index contributed by atoms with van der Waals surface area (Å²) < 4.78 is 38.4. The van der Waals surface area contributed by atoms with Gasteiger partial charge in [0.15, 0.2) is 0 Å². The zero-order valence-corrected chi connectivity index (χ0v) is 9.25. The normalized spacial score (nSPS) is 12.6. The lowest BCUT2D eigenvalue weighted by Crippen LogP contribution is -2.05. The van der Waals surface area contributed by atoms with Gasteiger partial charge in [0, 0.05) is 4.47 Å². The fourth-order valence-electron chi connectivity index (χ4n) is 1.09. The van der Waals surface area contributed by atoms with Gasteiger partial charge < -0.3 is 0 Å². The quantitative estimate of drug-likeness (QED) is 0.485. The summed E-state index contributed by atoms with van der Waals surface area (Å²) in [6, 6.07) is 5.28. The number of halogens is 4. The van der Waals surface area contributed by atoms with Crippen LogP contribution in [0, 0.1) is 10.1 Å². The summed E-state index contributed by atoms with van der Waals surface area (Å²) in [5, 5.41) is 10.1. The average Bonchev–Trinajstić information content (AvgIpc) is 2.17. The van der Waals surface area contributed by atoms with Gasteiger partial charge in [0.05, 0.1) is 4.92 Å². The van der Waals surface area contributed by atoms with Crippen molar-refractivity contribution in [1.29, 1.82) is 0 Å². The molecule has 1 aromatic rings. The Morgan fingerprint density at radius 1 is 1.44 bits per heavy atom. The zero-order chi connectivity index (χ0) is 12.3. The lowest BCUT2D eigenvalue weighted by Gasteiger charge is -2.04. The van der Waals surface area contributed by atoms with Gasteiger partial charge in [-0.25, -0.2) is 8.78 Å². The van der Waals surface area contributed by atoms with E-state index in [0.29, 0.717) is 4.47 Å². The van der Waals surface area contributed by atoms with Crippen molar-refractivity contribution in [3.05, 3.63) is 50.4 Å². The molecular weight excluding hydrogens is 291 g/mol. The summed E-state index contributed by atoms with van der Waals surface area (Å²) in [4.78, 5) is 8.66. The fraction of sp³-hybridized carbons (Fsp3) is 0.111. The monoisotopic (exact) mass is 295 g/mol. The largest absolute Gasteiger partial charge is 0.429 e. The van der Waals surface area contributed by atoms with Gasteiger partial charge in [0.25, 0.3) is 6.43 Å². The highest BCUT2D eigenvalue weighted by Crippen LogP contribution is 2.28. The zero-order valence-electron chi connectivity index (χ0n) is 7.66. The first-order chi connectivity index (χ1) is 7.43. The van der Waals surface area contributed by atoms with E-state index < -0.39 is 22.9 Å². The van der Waals surface area contributed by atoms with Gasteiger partial charge in [0.2, 0.25) is 0 Å². The summed E-state index contributed by atoms with van der Waals surface area (Å²) in [5.41, 5.74) is -1.44. The van der Waals surface area contributed by atoms with Crippen LogP contribution in [-0.2, 0) is 0 Å². The Kier molecular flexibility index (Phi) is 4.05. The first-order valence-electron chi connectivity index (χ1n) is 4.01. The number of hydrogen-bond donors (Lipinski definition) is 0. The fourth-order valence-corrected chi connectivity index (χ4v) is 1.49. The predicted molar refractivity (Wildman–Crippen MR) is 55.2 cm³/mol. The van der Waals surface area contributed by atoms with E-state index in [4.69, 9.17) is 0 Å². The van der Waals surface area contributed by atoms with Crippen molar-refractivity contribution in [2.75, 3.05) is 0 Å². The molecule has 0 aliphatic rings. The highest BCUT2D eigenvalue weighted by Gasteiger charge is 2.27. The molecule has 3 nitrogen and oxygen atoms in total. The highest BCUT2D eigenvalue weighted by atomic mass is 79.9. The molecule has 16 heavy (non-hydrogen) atoms. The number of nitro groups is 1. The van der Waals surface area contributed by atoms with E-state index >= 15 is 0 Å². The van der Waals surface area contributed by atoms with Crippen LogP contribution in [0.25, 0.3) is 5.57 Å². The molecule has 0 aliphatic heterocycles. The van der Waals surface area contributed by atoms with Crippen LogP contribution in [0.5, 0.6) is 0 Å². The third-order valence-electron chi connectivity index (χ3n) is 1.74. The van der Waals surface area contributed by atoms with Gasteiger partial charge in [-0.1, -0.05) is 28.1 Å². The van der Waals surface area contributed by atoms with Crippen LogP contribution in [0.4, 0.5) is 13.2 Å². The molecule has 7 heteroatoms. The Morgan fingerprint density at radius 2 is 2.06 bits per heavy atom. The SMILES string of the molecule is O=[N+]([O-])C(F)=C(c1cccc(Br)c1)C(F)F. The molecule has 1 aromatic carbocycles.